The number of unbranched alkanes of at least 4 members (excludes halogenated alkanes) is 39. The third-order valence-corrected chi connectivity index (χ3v) is 14.9. The van der Waals surface area contributed by atoms with Crippen LogP contribution in [0.1, 0.15) is 348 Å². The smallest absolute Gasteiger partial charge is 0.306 e. The van der Waals surface area contributed by atoms with E-state index in [1.54, 1.807) is 0 Å². The predicted molar refractivity (Wildman–Crippen MR) is 339 cm³/mol. The van der Waals surface area contributed by atoms with Crippen molar-refractivity contribution in [2.45, 2.75) is 354 Å². The zero-order valence-electron chi connectivity index (χ0n) is 51.9. The quantitative estimate of drug-likeness (QED) is 0.0261. The van der Waals surface area contributed by atoms with Crippen molar-refractivity contribution in [2.75, 3.05) is 13.2 Å². The Morgan fingerprint density at radius 1 is 0.256 bits per heavy atom. The molecule has 0 aromatic rings. The van der Waals surface area contributed by atoms with E-state index in [-0.39, 0.29) is 31.1 Å². The molecule has 0 radical (unpaired) electrons. The summed E-state index contributed by atoms with van der Waals surface area (Å²) in [6, 6.07) is 0. The van der Waals surface area contributed by atoms with Crippen LogP contribution in [0.2, 0.25) is 0 Å². The Morgan fingerprint density at radius 2 is 0.462 bits per heavy atom. The maximum Gasteiger partial charge on any atom is 0.306 e. The zero-order chi connectivity index (χ0) is 56.4. The van der Waals surface area contributed by atoms with Gasteiger partial charge in [0.2, 0.25) is 0 Å². The molecule has 0 bridgehead atoms. The van der Waals surface area contributed by atoms with Crippen molar-refractivity contribution in [1.29, 1.82) is 0 Å². The van der Waals surface area contributed by atoms with Gasteiger partial charge in [-0.25, -0.2) is 0 Å². The van der Waals surface area contributed by atoms with Crippen molar-refractivity contribution in [3.05, 3.63) is 72.9 Å². The molecule has 0 N–H and O–H groups in total. The van der Waals surface area contributed by atoms with Gasteiger partial charge in [-0.1, -0.05) is 286 Å². The zero-order valence-corrected chi connectivity index (χ0v) is 51.9. The molecule has 0 aromatic heterocycles. The van der Waals surface area contributed by atoms with E-state index in [0.717, 1.165) is 103 Å². The Bertz CT molecular complexity index is 1440. The SMILES string of the molecule is CCCCC/C=C\C/C=C\C/C=C\CCCCCCCCC(=O)OC(COC(=O)CCCCCCC/C=C\C/C=C\CCCCCC)COC(=O)CCCCCCCCCCCCCCC/C=C\CCCCCCCCCC. The Balaban J connectivity index is 4.34. The average Bonchev–Trinajstić information content (AvgIpc) is 3.44. The van der Waals surface area contributed by atoms with E-state index >= 15 is 0 Å². The lowest BCUT2D eigenvalue weighted by Crippen LogP contribution is -2.30. The molecule has 1 unspecified atom stereocenters. The fourth-order valence-electron chi connectivity index (χ4n) is 9.77. The van der Waals surface area contributed by atoms with Crippen molar-refractivity contribution < 1.29 is 28.6 Å². The topological polar surface area (TPSA) is 78.9 Å². The molecule has 0 saturated heterocycles. The first kappa shape index (κ1) is 74.8. The van der Waals surface area contributed by atoms with Gasteiger partial charge < -0.3 is 14.2 Å². The summed E-state index contributed by atoms with van der Waals surface area (Å²) in [5.74, 6) is -0.894. The van der Waals surface area contributed by atoms with Gasteiger partial charge in [-0.3, -0.25) is 14.4 Å². The van der Waals surface area contributed by atoms with E-state index in [9.17, 15) is 14.4 Å². The van der Waals surface area contributed by atoms with Gasteiger partial charge in [-0.2, -0.15) is 0 Å². The van der Waals surface area contributed by atoms with Gasteiger partial charge in [0, 0.05) is 19.3 Å². The largest absolute Gasteiger partial charge is 0.462 e. The van der Waals surface area contributed by atoms with Gasteiger partial charge in [-0.05, 0) is 116 Å². The van der Waals surface area contributed by atoms with Crippen LogP contribution in [0.4, 0.5) is 0 Å². The summed E-state index contributed by atoms with van der Waals surface area (Å²) in [5, 5.41) is 0. The summed E-state index contributed by atoms with van der Waals surface area (Å²) in [6.07, 6.45) is 86.3. The minimum Gasteiger partial charge on any atom is -0.462 e. The summed E-state index contributed by atoms with van der Waals surface area (Å²) >= 11 is 0. The Labute approximate surface area is 484 Å². The molecule has 6 nitrogen and oxygen atoms in total. The van der Waals surface area contributed by atoms with Crippen LogP contribution in [-0.2, 0) is 28.6 Å². The molecule has 0 aromatic carbocycles. The van der Waals surface area contributed by atoms with E-state index in [1.807, 2.05) is 0 Å². The van der Waals surface area contributed by atoms with Crippen LogP contribution in [0.25, 0.3) is 0 Å². The fourth-order valence-corrected chi connectivity index (χ4v) is 9.77. The van der Waals surface area contributed by atoms with Crippen LogP contribution < -0.4 is 0 Å². The minimum atomic E-state index is -0.790. The van der Waals surface area contributed by atoms with Crippen molar-refractivity contribution in [2.24, 2.45) is 0 Å². The van der Waals surface area contributed by atoms with Gasteiger partial charge in [0.15, 0.2) is 6.10 Å². The molecule has 0 amide bonds. The van der Waals surface area contributed by atoms with Crippen molar-refractivity contribution in [1.82, 2.24) is 0 Å². The predicted octanol–water partition coefficient (Wildman–Crippen LogP) is 23.3. The molecular formula is C72H128O6. The Kier molecular flexibility index (Phi) is 63.7. The highest BCUT2D eigenvalue weighted by Gasteiger charge is 2.19. The van der Waals surface area contributed by atoms with Crippen molar-refractivity contribution in [3.8, 4) is 0 Å². The van der Waals surface area contributed by atoms with Crippen LogP contribution in [0.5, 0.6) is 0 Å². The number of carbonyl (C=O) groups is 3. The first-order chi connectivity index (χ1) is 38.5. The van der Waals surface area contributed by atoms with Crippen LogP contribution in [0.3, 0.4) is 0 Å². The monoisotopic (exact) mass is 1090 g/mol. The molecule has 78 heavy (non-hydrogen) atoms. The van der Waals surface area contributed by atoms with E-state index in [2.05, 4.69) is 93.7 Å². The molecule has 0 saturated carbocycles. The van der Waals surface area contributed by atoms with E-state index in [4.69, 9.17) is 14.2 Å². The molecular weight excluding hydrogens is 961 g/mol. The highest BCUT2D eigenvalue weighted by molar-refractivity contribution is 5.71. The molecule has 0 fully saturated rings. The van der Waals surface area contributed by atoms with Crippen molar-refractivity contribution in [3.63, 3.8) is 0 Å². The summed E-state index contributed by atoms with van der Waals surface area (Å²) in [7, 11) is 0. The number of ether oxygens (including phenoxy) is 3. The van der Waals surface area contributed by atoms with E-state index in [1.165, 1.54) is 205 Å². The summed E-state index contributed by atoms with van der Waals surface area (Å²) < 4.78 is 17.0. The molecule has 0 rings (SSSR count). The molecule has 6 heteroatoms. The average molecular weight is 1090 g/mol. The lowest BCUT2D eigenvalue weighted by Gasteiger charge is -2.18. The lowest BCUT2D eigenvalue weighted by molar-refractivity contribution is -0.167. The highest BCUT2D eigenvalue weighted by Crippen LogP contribution is 2.17. The molecule has 0 spiro atoms. The third kappa shape index (κ3) is 63.7. The second kappa shape index (κ2) is 66.4. The third-order valence-electron chi connectivity index (χ3n) is 14.9. The van der Waals surface area contributed by atoms with Crippen LogP contribution in [0.15, 0.2) is 72.9 Å². The highest BCUT2D eigenvalue weighted by atomic mass is 16.6. The van der Waals surface area contributed by atoms with Gasteiger partial charge in [-0.15, -0.1) is 0 Å². The Hall–Kier alpha value is -3.15. The second-order valence-corrected chi connectivity index (χ2v) is 22.7. The summed E-state index contributed by atoms with van der Waals surface area (Å²) in [6.45, 7) is 6.62. The van der Waals surface area contributed by atoms with E-state index < -0.39 is 6.10 Å². The normalized spacial score (nSPS) is 12.5. The van der Waals surface area contributed by atoms with E-state index in [0.29, 0.717) is 19.3 Å². The number of rotatable bonds is 62. The lowest BCUT2D eigenvalue weighted by atomic mass is 10.0. The Morgan fingerprint density at radius 3 is 0.769 bits per heavy atom. The van der Waals surface area contributed by atoms with Gasteiger partial charge in [0.1, 0.15) is 13.2 Å². The maximum absolute atomic E-state index is 12.9. The molecule has 1 atom stereocenters. The fraction of sp³-hybridized carbons (Fsp3) is 0.792. The van der Waals surface area contributed by atoms with Gasteiger partial charge >= 0.3 is 17.9 Å². The molecule has 452 valence electrons. The van der Waals surface area contributed by atoms with Gasteiger partial charge in [0.25, 0.3) is 0 Å². The number of carbonyl (C=O) groups excluding carboxylic acids is 3. The number of hydrogen-bond donors (Lipinski definition) is 0. The number of esters is 3. The summed E-state index contributed by atoms with van der Waals surface area (Å²) in [5.41, 5.74) is 0. The minimum absolute atomic E-state index is 0.0836. The van der Waals surface area contributed by atoms with Crippen LogP contribution in [0, 0.1) is 0 Å². The molecule has 0 heterocycles. The van der Waals surface area contributed by atoms with Gasteiger partial charge in [0.05, 0.1) is 0 Å². The van der Waals surface area contributed by atoms with Crippen LogP contribution in [-0.4, -0.2) is 37.2 Å². The molecule has 0 aliphatic heterocycles. The number of hydrogen-bond acceptors (Lipinski definition) is 6. The molecule has 0 aliphatic carbocycles. The maximum atomic E-state index is 12.9. The summed E-state index contributed by atoms with van der Waals surface area (Å²) in [4.78, 5) is 38.4. The van der Waals surface area contributed by atoms with Crippen LogP contribution >= 0.6 is 0 Å². The van der Waals surface area contributed by atoms with Crippen molar-refractivity contribution >= 4 is 17.9 Å². The molecule has 0 aliphatic rings. The number of allylic oxidation sites excluding steroid dienone is 12. The second-order valence-electron chi connectivity index (χ2n) is 22.7. The standard InChI is InChI=1S/C72H128O6/c1-4-7-10-13-16-19-22-25-28-31-33-34-35-36-37-38-40-41-44-47-50-53-56-59-62-65-71(74)77-68-69(67-76-70(73)64-61-58-55-52-49-46-43-30-27-24-21-18-15-12-9-6-3)78-72(75)66-63-60-57-54-51-48-45-42-39-32-29-26-23-20-17-14-11-8-5-2/h17,20-21,24,26,29-31,33,39,42-43,69H,4-16,18-19,22-23,25,27-28,32,34-38,40-41,44-68H2,1-3H3/b20-17-,24-21-,29-26-,33-31-,42-39-,43-30-. The first-order valence-corrected chi connectivity index (χ1v) is 33.9. The first-order valence-electron chi connectivity index (χ1n) is 33.9.